The average molecular weight is 316 g/mol. The molecule has 1 aliphatic rings. The maximum Gasteiger partial charge on any atom is 0.163 e. The van der Waals surface area contributed by atoms with Crippen LogP contribution in [0.1, 0.15) is 19.3 Å². The maximum atomic E-state index is 6.15. The van der Waals surface area contributed by atoms with Gasteiger partial charge in [-0.05, 0) is 44.5 Å². The zero-order valence-corrected chi connectivity index (χ0v) is 13.5. The van der Waals surface area contributed by atoms with E-state index in [0.717, 1.165) is 24.2 Å². The molecule has 3 N–H and O–H groups in total. The fourth-order valence-corrected chi connectivity index (χ4v) is 2.96. The molecule has 1 aromatic heterocycles. The molecule has 3 rings (SSSR count). The third-order valence-electron chi connectivity index (χ3n) is 4.20. The Morgan fingerprint density at radius 1 is 1.26 bits per heavy atom. The molecule has 1 aromatic carbocycles. The van der Waals surface area contributed by atoms with E-state index in [0.29, 0.717) is 23.8 Å². The summed E-state index contributed by atoms with van der Waals surface area (Å²) in [5.74, 6) is 1.37. The Bertz CT molecular complexity index is 622. The summed E-state index contributed by atoms with van der Waals surface area (Å²) in [6.45, 7) is 4.18. The Morgan fingerprint density at radius 3 is 2.78 bits per heavy atom. The van der Waals surface area contributed by atoms with Gasteiger partial charge >= 0.3 is 0 Å². The second kappa shape index (κ2) is 7.37. The fraction of sp³-hybridized carbons (Fsp3) is 0.471. The number of aromatic amines is 1. The van der Waals surface area contributed by atoms with Gasteiger partial charge in [0.15, 0.2) is 11.5 Å². The molecule has 6 heteroatoms. The number of nitrogens with one attached hydrogen (secondary N) is 1. The van der Waals surface area contributed by atoms with Gasteiger partial charge in [0, 0.05) is 30.1 Å². The molecule has 2 aromatic rings. The fourth-order valence-electron chi connectivity index (χ4n) is 2.96. The number of methoxy groups -OCH3 is 1. The summed E-state index contributed by atoms with van der Waals surface area (Å²) in [4.78, 5) is 2.48. The van der Waals surface area contributed by atoms with Gasteiger partial charge in [0.1, 0.15) is 0 Å². The van der Waals surface area contributed by atoms with Gasteiger partial charge in [-0.2, -0.15) is 5.10 Å². The number of nitrogens with two attached hydrogens (primary N) is 1. The second-order valence-electron chi connectivity index (χ2n) is 5.81. The number of ether oxygens (including phenoxy) is 2. The van der Waals surface area contributed by atoms with Crippen LogP contribution in [0.3, 0.4) is 0 Å². The number of anilines is 1. The molecule has 23 heavy (non-hydrogen) atoms. The molecule has 124 valence electrons. The smallest absolute Gasteiger partial charge is 0.163 e. The van der Waals surface area contributed by atoms with Crippen LogP contribution in [-0.2, 0) is 0 Å². The molecule has 0 spiro atoms. The van der Waals surface area contributed by atoms with Crippen molar-refractivity contribution in [2.24, 2.45) is 0 Å². The zero-order valence-electron chi connectivity index (χ0n) is 13.5. The Labute approximate surface area is 136 Å². The summed E-state index contributed by atoms with van der Waals surface area (Å²) in [5, 5.41) is 6.88. The van der Waals surface area contributed by atoms with E-state index in [4.69, 9.17) is 15.2 Å². The molecule has 0 radical (unpaired) electrons. The quantitative estimate of drug-likeness (QED) is 0.606. The lowest BCUT2D eigenvalue weighted by Gasteiger charge is -2.16. The normalized spacial score (nSPS) is 15.0. The van der Waals surface area contributed by atoms with Crippen LogP contribution in [0.5, 0.6) is 11.5 Å². The van der Waals surface area contributed by atoms with E-state index in [9.17, 15) is 0 Å². The molecule has 6 nitrogen and oxygen atoms in total. The number of rotatable bonds is 7. The monoisotopic (exact) mass is 316 g/mol. The van der Waals surface area contributed by atoms with Crippen molar-refractivity contribution in [3.8, 4) is 22.8 Å². The van der Waals surface area contributed by atoms with E-state index in [1.54, 1.807) is 13.3 Å². The number of nitrogen functional groups attached to an aromatic ring is 1. The lowest BCUT2D eigenvalue weighted by Crippen LogP contribution is -2.21. The summed E-state index contributed by atoms with van der Waals surface area (Å²) < 4.78 is 11.3. The first kappa shape index (κ1) is 15.7. The average Bonchev–Trinajstić information content (AvgIpc) is 3.25. The Balaban J connectivity index is 1.63. The van der Waals surface area contributed by atoms with Gasteiger partial charge in [0.2, 0.25) is 0 Å². The lowest BCUT2D eigenvalue weighted by atomic mass is 10.1. The molecule has 0 saturated carbocycles. The SMILES string of the molecule is COc1cc(-c2ccn[nH]2)c(N)cc1OCCCN1CCCC1. The third-order valence-corrected chi connectivity index (χ3v) is 4.20. The Morgan fingerprint density at radius 2 is 2.09 bits per heavy atom. The molecule has 0 unspecified atom stereocenters. The van der Waals surface area contributed by atoms with E-state index in [1.165, 1.54) is 25.9 Å². The molecular weight excluding hydrogens is 292 g/mol. The number of nitrogens with zero attached hydrogens (tertiary/aromatic N) is 2. The molecule has 1 fully saturated rings. The van der Waals surface area contributed by atoms with Gasteiger partial charge < -0.3 is 20.1 Å². The molecular formula is C17H24N4O2. The zero-order chi connectivity index (χ0) is 16.1. The number of likely N-dealkylation sites (tertiary alicyclic amines) is 1. The lowest BCUT2D eigenvalue weighted by molar-refractivity contribution is 0.254. The first-order valence-electron chi connectivity index (χ1n) is 8.10. The summed E-state index contributed by atoms with van der Waals surface area (Å²) in [6, 6.07) is 5.59. The predicted octanol–water partition coefficient (Wildman–Crippen LogP) is 2.53. The maximum absolute atomic E-state index is 6.15. The highest BCUT2D eigenvalue weighted by Crippen LogP contribution is 2.36. The summed E-state index contributed by atoms with van der Waals surface area (Å²) in [5.41, 5.74) is 8.52. The van der Waals surface area contributed by atoms with Gasteiger partial charge in [0.05, 0.1) is 19.4 Å². The standard InChI is InChI=1S/C17H24N4O2/c1-22-16-11-13(15-5-6-19-20-15)14(18)12-17(16)23-10-4-9-21-7-2-3-8-21/h5-6,11-12H,2-4,7-10,18H2,1H3,(H,19,20). The minimum Gasteiger partial charge on any atom is -0.493 e. The van der Waals surface area contributed by atoms with Gasteiger partial charge in [-0.1, -0.05) is 0 Å². The van der Waals surface area contributed by atoms with E-state index in [-0.39, 0.29) is 0 Å². The first-order chi connectivity index (χ1) is 11.3. The topological polar surface area (TPSA) is 76.4 Å². The number of benzene rings is 1. The minimum atomic E-state index is 0.643. The highest BCUT2D eigenvalue weighted by molar-refractivity contribution is 5.77. The highest BCUT2D eigenvalue weighted by atomic mass is 16.5. The first-order valence-corrected chi connectivity index (χ1v) is 8.10. The van der Waals surface area contributed by atoms with Crippen LogP contribution in [0.2, 0.25) is 0 Å². The number of aromatic nitrogens is 2. The molecule has 0 bridgehead atoms. The van der Waals surface area contributed by atoms with E-state index >= 15 is 0 Å². The van der Waals surface area contributed by atoms with Gasteiger partial charge in [0.25, 0.3) is 0 Å². The second-order valence-corrected chi connectivity index (χ2v) is 5.81. The molecule has 0 atom stereocenters. The van der Waals surface area contributed by atoms with Crippen LogP contribution in [0.25, 0.3) is 11.3 Å². The van der Waals surface area contributed by atoms with Crippen molar-refractivity contribution >= 4 is 5.69 Å². The van der Waals surface area contributed by atoms with Crippen LogP contribution in [0.15, 0.2) is 24.4 Å². The molecule has 1 saturated heterocycles. The van der Waals surface area contributed by atoms with Gasteiger partial charge in [-0.3, -0.25) is 5.10 Å². The molecule has 0 aliphatic carbocycles. The Hall–Kier alpha value is -2.21. The van der Waals surface area contributed by atoms with Gasteiger partial charge in [-0.25, -0.2) is 0 Å². The van der Waals surface area contributed by atoms with Crippen molar-refractivity contribution in [1.29, 1.82) is 0 Å². The van der Waals surface area contributed by atoms with E-state index < -0.39 is 0 Å². The molecule has 0 amide bonds. The number of H-pyrrole nitrogens is 1. The minimum absolute atomic E-state index is 0.643. The van der Waals surface area contributed by atoms with Gasteiger partial charge in [-0.15, -0.1) is 0 Å². The van der Waals surface area contributed by atoms with Crippen molar-refractivity contribution in [3.05, 3.63) is 24.4 Å². The summed E-state index contributed by atoms with van der Waals surface area (Å²) in [6.07, 6.45) is 5.34. The van der Waals surface area contributed by atoms with Crippen molar-refractivity contribution in [3.63, 3.8) is 0 Å². The molecule has 2 heterocycles. The largest absolute Gasteiger partial charge is 0.493 e. The van der Waals surface area contributed by atoms with Crippen molar-refractivity contribution in [1.82, 2.24) is 15.1 Å². The van der Waals surface area contributed by atoms with Crippen molar-refractivity contribution in [2.45, 2.75) is 19.3 Å². The van der Waals surface area contributed by atoms with Crippen molar-refractivity contribution in [2.75, 3.05) is 39.1 Å². The van der Waals surface area contributed by atoms with Crippen LogP contribution in [-0.4, -0.2) is 48.4 Å². The highest BCUT2D eigenvalue weighted by Gasteiger charge is 2.13. The van der Waals surface area contributed by atoms with Crippen LogP contribution in [0.4, 0.5) is 5.69 Å². The van der Waals surface area contributed by atoms with Crippen LogP contribution < -0.4 is 15.2 Å². The van der Waals surface area contributed by atoms with Crippen LogP contribution in [0, 0.1) is 0 Å². The summed E-state index contributed by atoms with van der Waals surface area (Å²) in [7, 11) is 1.64. The molecule has 1 aliphatic heterocycles. The number of hydrogen-bond donors (Lipinski definition) is 2. The van der Waals surface area contributed by atoms with Crippen molar-refractivity contribution < 1.29 is 9.47 Å². The summed E-state index contributed by atoms with van der Waals surface area (Å²) >= 11 is 0. The number of hydrogen-bond acceptors (Lipinski definition) is 5. The van der Waals surface area contributed by atoms with E-state index in [1.807, 2.05) is 18.2 Å². The van der Waals surface area contributed by atoms with E-state index in [2.05, 4.69) is 15.1 Å². The Kier molecular flexibility index (Phi) is 5.02. The third kappa shape index (κ3) is 3.76. The van der Waals surface area contributed by atoms with Crippen LogP contribution >= 0.6 is 0 Å². The predicted molar refractivity (Wildman–Crippen MR) is 90.8 cm³/mol.